The molecule has 0 fully saturated rings. The lowest BCUT2D eigenvalue weighted by atomic mass is 10.0. The van der Waals surface area contributed by atoms with Crippen molar-refractivity contribution in [3.8, 4) is 0 Å². The average molecular weight is 481 g/mol. The molecule has 2 aromatic carbocycles. The van der Waals surface area contributed by atoms with Crippen molar-refractivity contribution in [2.45, 2.75) is 116 Å². The maximum absolute atomic E-state index is 5.84. The number of hydrogen-bond acceptors (Lipinski definition) is 3. The van der Waals surface area contributed by atoms with E-state index in [4.69, 9.17) is 16.2 Å². The number of aryl methyl sites for hydroxylation is 2. The fourth-order valence-electron chi connectivity index (χ4n) is 4.66. The van der Waals surface area contributed by atoms with E-state index in [1.54, 1.807) is 0 Å². The molecule has 0 aliphatic heterocycles. The van der Waals surface area contributed by atoms with Gasteiger partial charge in [0.05, 0.1) is 0 Å². The van der Waals surface area contributed by atoms with Crippen LogP contribution in [0.1, 0.15) is 114 Å². The number of ether oxygens (including phenoxy) is 1. The van der Waals surface area contributed by atoms with Gasteiger partial charge < -0.3 is 16.2 Å². The molecular weight excluding hydrogens is 428 g/mol. The van der Waals surface area contributed by atoms with Crippen LogP contribution in [-0.2, 0) is 17.6 Å². The third-order valence-electron chi connectivity index (χ3n) is 6.97. The molecule has 4 N–H and O–H groups in total. The lowest BCUT2D eigenvalue weighted by molar-refractivity contribution is 0.125. The first kappa shape index (κ1) is 29.2. The summed E-state index contributed by atoms with van der Waals surface area (Å²) in [7, 11) is 0. The van der Waals surface area contributed by atoms with Crippen LogP contribution in [0.4, 0.5) is 11.4 Å². The molecule has 3 nitrogen and oxygen atoms in total. The van der Waals surface area contributed by atoms with Gasteiger partial charge in [-0.15, -0.1) is 0 Å². The summed E-state index contributed by atoms with van der Waals surface area (Å²) < 4.78 is 5.84. The van der Waals surface area contributed by atoms with Crippen LogP contribution in [0.15, 0.2) is 48.5 Å². The quantitative estimate of drug-likeness (QED) is 0.131. The Balaban J connectivity index is 1.21. The van der Waals surface area contributed by atoms with E-state index >= 15 is 0 Å². The Labute approximate surface area is 216 Å². The molecule has 0 aliphatic carbocycles. The minimum absolute atomic E-state index is 0.860. The van der Waals surface area contributed by atoms with Gasteiger partial charge in [-0.25, -0.2) is 0 Å². The van der Waals surface area contributed by atoms with E-state index in [9.17, 15) is 0 Å². The summed E-state index contributed by atoms with van der Waals surface area (Å²) >= 11 is 0. The molecule has 0 spiro atoms. The third-order valence-corrected chi connectivity index (χ3v) is 6.97. The number of hydrogen-bond donors (Lipinski definition) is 2. The van der Waals surface area contributed by atoms with Crippen LogP contribution in [0.25, 0.3) is 0 Å². The molecule has 2 aromatic rings. The summed E-state index contributed by atoms with van der Waals surface area (Å²) in [4.78, 5) is 0. The normalized spacial score (nSPS) is 11.2. The molecule has 0 amide bonds. The summed E-state index contributed by atoms with van der Waals surface area (Å²) in [5.41, 5.74) is 16.0. The minimum atomic E-state index is 0.860. The van der Waals surface area contributed by atoms with Crippen LogP contribution in [0.5, 0.6) is 0 Å². The Morgan fingerprint density at radius 1 is 0.371 bits per heavy atom. The predicted octanol–water partition coefficient (Wildman–Crippen LogP) is 8.89. The highest BCUT2D eigenvalue weighted by Crippen LogP contribution is 2.14. The Bertz CT molecular complexity index is 663. The molecule has 196 valence electrons. The van der Waals surface area contributed by atoms with E-state index in [0.29, 0.717) is 0 Å². The fraction of sp³-hybridized carbons (Fsp3) is 0.625. The second-order valence-corrected chi connectivity index (χ2v) is 10.3. The van der Waals surface area contributed by atoms with Gasteiger partial charge in [0, 0.05) is 24.6 Å². The molecule has 0 aromatic heterocycles. The first-order chi connectivity index (χ1) is 17.2. The number of nitrogens with two attached hydrogens (primary N) is 2. The van der Waals surface area contributed by atoms with Crippen LogP contribution < -0.4 is 11.5 Å². The Hall–Kier alpha value is -2.00. The van der Waals surface area contributed by atoms with Gasteiger partial charge in [-0.3, -0.25) is 0 Å². The molecule has 0 heterocycles. The predicted molar refractivity (Wildman–Crippen MR) is 154 cm³/mol. The van der Waals surface area contributed by atoms with Crippen LogP contribution in [-0.4, -0.2) is 13.2 Å². The standard InChI is InChI=1S/C32H52N2O/c33-31-23-19-29(20-24-31)17-13-9-5-1-3-7-11-15-27-35-28-16-12-8-4-2-6-10-14-18-30-21-25-32(34)26-22-30/h19-26H,1-18,27-28,33-34H2. The summed E-state index contributed by atoms with van der Waals surface area (Å²) in [6, 6.07) is 16.7. The molecule has 0 saturated heterocycles. The zero-order chi connectivity index (χ0) is 24.8. The first-order valence-corrected chi connectivity index (χ1v) is 14.5. The summed E-state index contributed by atoms with van der Waals surface area (Å²) in [6.45, 7) is 1.91. The van der Waals surface area contributed by atoms with E-state index < -0.39 is 0 Å². The van der Waals surface area contributed by atoms with Crippen LogP contribution in [0.3, 0.4) is 0 Å². The summed E-state index contributed by atoms with van der Waals surface area (Å²) in [5, 5.41) is 0. The van der Waals surface area contributed by atoms with Crippen molar-refractivity contribution in [3.05, 3.63) is 59.7 Å². The maximum atomic E-state index is 5.84. The Morgan fingerprint density at radius 2 is 0.657 bits per heavy atom. The number of benzene rings is 2. The summed E-state index contributed by atoms with van der Waals surface area (Å²) in [6.07, 6.45) is 23.7. The van der Waals surface area contributed by atoms with Gasteiger partial charge >= 0.3 is 0 Å². The molecule has 0 saturated carbocycles. The van der Waals surface area contributed by atoms with Gasteiger partial charge in [0.1, 0.15) is 0 Å². The number of nitrogen functional groups attached to an aromatic ring is 2. The second-order valence-electron chi connectivity index (χ2n) is 10.3. The van der Waals surface area contributed by atoms with E-state index in [-0.39, 0.29) is 0 Å². The molecule has 0 bridgehead atoms. The molecule has 2 rings (SSSR count). The zero-order valence-electron chi connectivity index (χ0n) is 22.3. The molecule has 35 heavy (non-hydrogen) atoms. The number of anilines is 2. The Kier molecular flexibility index (Phi) is 16.9. The van der Waals surface area contributed by atoms with Gasteiger partial charge in [-0.05, 0) is 73.9 Å². The summed E-state index contributed by atoms with van der Waals surface area (Å²) in [5.74, 6) is 0. The van der Waals surface area contributed by atoms with Crippen LogP contribution in [0, 0.1) is 0 Å². The SMILES string of the molecule is Nc1ccc(CCCCCCCCCCOCCCCCCCCCCc2ccc(N)cc2)cc1. The van der Waals surface area contributed by atoms with Gasteiger partial charge in [0.25, 0.3) is 0 Å². The van der Waals surface area contributed by atoms with E-state index in [1.165, 1.54) is 127 Å². The highest BCUT2D eigenvalue weighted by Gasteiger charge is 1.97. The first-order valence-electron chi connectivity index (χ1n) is 14.5. The van der Waals surface area contributed by atoms with Crippen molar-refractivity contribution in [2.75, 3.05) is 24.7 Å². The Morgan fingerprint density at radius 3 is 1.00 bits per heavy atom. The monoisotopic (exact) mass is 480 g/mol. The van der Waals surface area contributed by atoms with Gasteiger partial charge in [-0.1, -0.05) is 101 Å². The maximum Gasteiger partial charge on any atom is 0.0466 e. The van der Waals surface area contributed by atoms with Crippen molar-refractivity contribution in [1.82, 2.24) is 0 Å². The van der Waals surface area contributed by atoms with Crippen molar-refractivity contribution in [1.29, 1.82) is 0 Å². The lowest BCUT2D eigenvalue weighted by Gasteiger charge is -2.06. The highest BCUT2D eigenvalue weighted by molar-refractivity contribution is 5.39. The topological polar surface area (TPSA) is 61.3 Å². The zero-order valence-corrected chi connectivity index (χ0v) is 22.3. The third kappa shape index (κ3) is 16.3. The van der Waals surface area contributed by atoms with Crippen molar-refractivity contribution in [2.24, 2.45) is 0 Å². The van der Waals surface area contributed by atoms with E-state index in [0.717, 1.165) is 24.6 Å². The van der Waals surface area contributed by atoms with Gasteiger partial charge in [0.15, 0.2) is 0 Å². The van der Waals surface area contributed by atoms with Crippen LogP contribution >= 0.6 is 0 Å². The largest absolute Gasteiger partial charge is 0.399 e. The van der Waals surface area contributed by atoms with Gasteiger partial charge in [-0.2, -0.15) is 0 Å². The number of rotatable bonds is 22. The average Bonchev–Trinajstić information content (AvgIpc) is 2.87. The van der Waals surface area contributed by atoms with Gasteiger partial charge in [0.2, 0.25) is 0 Å². The highest BCUT2D eigenvalue weighted by atomic mass is 16.5. The number of unbranched alkanes of at least 4 members (excludes halogenated alkanes) is 14. The lowest BCUT2D eigenvalue weighted by Crippen LogP contribution is -1.97. The molecule has 3 heteroatoms. The minimum Gasteiger partial charge on any atom is -0.399 e. The fourth-order valence-corrected chi connectivity index (χ4v) is 4.66. The van der Waals surface area contributed by atoms with Crippen molar-refractivity contribution < 1.29 is 4.74 Å². The smallest absolute Gasteiger partial charge is 0.0466 e. The second kappa shape index (κ2) is 20.2. The van der Waals surface area contributed by atoms with Crippen molar-refractivity contribution >= 4 is 11.4 Å². The van der Waals surface area contributed by atoms with Crippen LogP contribution in [0.2, 0.25) is 0 Å². The molecule has 0 atom stereocenters. The molecule has 0 radical (unpaired) electrons. The molecule has 0 unspecified atom stereocenters. The van der Waals surface area contributed by atoms with E-state index in [1.807, 2.05) is 24.3 Å². The van der Waals surface area contributed by atoms with E-state index in [2.05, 4.69) is 24.3 Å². The molecule has 0 aliphatic rings. The molecular formula is C32H52N2O. The van der Waals surface area contributed by atoms with Crippen molar-refractivity contribution in [3.63, 3.8) is 0 Å².